The molecular formula is C42H53N5O9S. The largest absolute Gasteiger partial charge is 0.488 e. The number of benzene rings is 2. The maximum absolute atomic E-state index is 14.7. The highest BCUT2D eigenvalue weighted by Gasteiger charge is 2.75. The molecule has 2 heterocycles. The van der Waals surface area contributed by atoms with Crippen LogP contribution in [-0.2, 0) is 29.1 Å². The van der Waals surface area contributed by atoms with Gasteiger partial charge in [0.2, 0.25) is 27.7 Å². The zero-order chi connectivity index (χ0) is 41.1. The number of fused-ring (bicyclic) bond motifs is 1. The van der Waals surface area contributed by atoms with Crippen molar-refractivity contribution in [3.63, 3.8) is 0 Å². The lowest BCUT2D eigenvalue weighted by molar-refractivity contribution is -0.143. The standard InChI is InChI=1S/C42H53N5O9S/c1-39(2,3)34(44-38(51)56-40(4,5)6)36(49)47-23-27(55-32-22-33(54-7)43-30-20-26(14-17-29(30)32)25-12-9-8-10-13-25)21-31(47)35(48)45-42(24-41(42)18-11-19-41)37(50)46-57(52,53)28-15-16-28/h8-10,12-14,17,20,22,27-28,31,34H,11,15-16,18-19,21,23-24H2,1-7H3,(H,44,51)(H,45,48)(H,46,50)/t27-,31+,34-,42?/m1/s1. The molecule has 3 N–H and O–H groups in total. The first kappa shape index (κ1) is 40.3. The number of methoxy groups -OCH3 is 1. The summed E-state index contributed by atoms with van der Waals surface area (Å²) < 4.78 is 45.8. The monoisotopic (exact) mass is 803 g/mol. The van der Waals surface area contributed by atoms with Crippen molar-refractivity contribution in [2.45, 2.75) is 121 Å². The van der Waals surface area contributed by atoms with E-state index in [0.29, 0.717) is 54.6 Å². The van der Waals surface area contributed by atoms with E-state index in [1.54, 1.807) is 47.6 Å². The summed E-state index contributed by atoms with van der Waals surface area (Å²) in [5.41, 5.74) is -1.05. The lowest BCUT2D eigenvalue weighted by atomic mass is 9.77. The van der Waals surface area contributed by atoms with Gasteiger partial charge in [-0.15, -0.1) is 0 Å². The van der Waals surface area contributed by atoms with Crippen molar-refractivity contribution in [2.75, 3.05) is 13.7 Å². The van der Waals surface area contributed by atoms with Gasteiger partial charge in [-0.3, -0.25) is 19.1 Å². The van der Waals surface area contributed by atoms with Gasteiger partial charge in [0.25, 0.3) is 5.91 Å². The molecule has 4 aliphatic rings. The number of alkyl carbamates (subject to hydrolysis) is 1. The average molecular weight is 804 g/mol. The van der Waals surface area contributed by atoms with Crippen molar-refractivity contribution in [2.24, 2.45) is 10.8 Å². The van der Waals surface area contributed by atoms with Gasteiger partial charge in [-0.05, 0) is 81.5 Å². The van der Waals surface area contributed by atoms with Gasteiger partial charge in [-0.25, -0.2) is 18.2 Å². The van der Waals surface area contributed by atoms with E-state index in [4.69, 9.17) is 14.2 Å². The van der Waals surface area contributed by atoms with Crippen LogP contribution in [0.25, 0.3) is 22.0 Å². The molecule has 3 saturated carbocycles. The van der Waals surface area contributed by atoms with Crippen LogP contribution in [0.3, 0.4) is 0 Å². The number of nitrogens with one attached hydrogen (secondary N) is 3. The fourth-order valence-electron chi connectivity index (χ4n) is 8.18. The number of carbonyl (C=O) groups excluding carboxylic acids is 4. The molecule has 15 heteroatoms. The fraction of sp³-hybridized carbons (Fsp3) is 0.548. The molecule has 3 aliphatic carbocycles. The topological polar surface area (TPSA) is 182 Å². The number of carbonyl (C=O) groups is 4. The molecule has 0 radical (unpaired) electrons. The van der Waals surface area contributed by atoms with Crippen molar-refractivity contribution in [3.05, 3.63) is 54.6 Å². The van der Waals surface area contributed by atoms with Gasteiger partial charge in [0.1, 0.15) is 35.1 Å². The molecule has 1 saturated heterocycles. The van der Waals surface area contributed by atoms with Gasteiger partial charge in [0, 0.05) is 23.3 Å². The number of pyridine rings is 1. The van der Waals surface area contributed by atoms with Crippen molar-refractivity contribution in [1.82, 2.24) is 25.2 Å². The Morgan fingerprint density at radius 1 is 0.947 bits per heavy atom. The van der Waals surface area contributed by atoms with Crippen LogP contribution in [0.4, 0.5) is 4.79 Å². The van der Waals surface area contributed by atoms with Crippen LogP contribution in [-0.4, -0.2) is 90.3 Å². The van der Waals surface area contributed by atoms with E-state index in [-0.39, 0.29) is 13.0 Å². The minimum atomic E-state index is -3.88. The van der Waals surface area contributed by atoms with Crippen LogP contribution in [0.2, 0.25) is 0 Å². The fourth-order valence-corrected chi connectivity index (χ4v) is 9.53. The number of hydrogen-bond donors (Lipinski definition) is 3. The lowest BCUT2D eigenvalue weighted by Gasteiger charge is -2.37. The maximum atomic E-state index is 14.7. The molecule has 1 aromatic heterocycles. The zero-order valence-electron chi connectivity index (χ0n) is 33.6. The Kier molecular flexibility index (Phi) is 10.2. The van der Waals surface area contributed by atoms with Crippen molar-refractivity contribution < 1.29 is 41.8 Å². The molecule has 7 rings (SSSR count). The highest BCUT2D eigenvalue weighted by molar-refractivity contribution is 7.91. The number of nitrogens with zero attached hydrogens (tertiary/aromatic N) is 2. The zero-order valence-corrected chi connectivity index (χ0v) is 34.5. The molecule has 0 bridgehead atoms. The highest BCUT2D eigenvalue weighted by Crippen LogP contribution is 2.68. The van der Waals surface area contributed by atoms with Gasteiger partial charge in [-0.2, -0.15) is 0 Å². The van der Waals surface area contributed by atoms with E-state index in [1.807, 2.05) is 48.5 Å². The van der Waals surface area contributed by atoms with Crippen molar-refractivity contribution >= 4 is 44.7 Å². The Morgan fingerprint density at radius 3 is 2.23 bits per heavy atom. The number of sulfonamides is 1. The number of rotatable bonds is 11. The summed E-state index contributed by atoms with van der Waals surface area (Å²) in [5.74, 6) is -1.13. The van der Waals surface area contributed by atoms with Gasteiger partial charge in [0.05, 0.1) is 24.4 Å². The van der Waals surface area contributed by atoms with Gasteiger partial charge >= 0.3 is 6.09 Å². The summed E-state index contributed by atoms with van der Waals surface area (Å²) in [5, 5.41) is 5.78. The highest BCUT2D eigenvalue weighted by atomic mass is 32.2. The molecule has 4 amide bonds. The number of aromatic nitrogens is 1. The van der Waals surface area contributed by atoms with Gasteiger partial charge in [0.15, 0.2) is 0 Å². The maximum Gasteiger partial charge on any atom is 0.408 e. The normalized spacial score (nSPS) is 23.2. The molecule has 2 aromatic carbocycles. The lowest BCUT2D eigenvalue weighted by Crippen LogP contribution is -2.61. The summed E-state index contributed by atoms with van der Waals surface area (Å²) in [6, 6.07) is 15.1. The predicted molar refractivity (Wildman–Crippen MR) is 213 cm³/mol. The van der Waals surface area contributed by atoms with E-state index < -0.39 is 79.2 Å². The third-order valence-electron chi connectivity index (χ3n) is 11.6. The minimum absolute atomic E-state index is 0.0336. The van der Waals surface area contributed by atoms with E-state index >= 15 is 0 Å². The molecule has 4 atom stereocenters. The smallest absolute Gasteiger partial charge is 0.408 e. The molecule has 1 aliphatic heterocycles. The SMILES string of the molecule is COc1cc(O[C@@H]2C[C@@H](C(=O)NC3(C(=O)NS(=O)(=O)C4CC4)CC34CCC4)N(C(=O)[C@@H](NC(=O)OC(C)(C)C)C(C)(C)C)C2)c2ccc(-c3ccccc3)cc2n1. The molecule has 306 valence electrons. The van der Waals surface area contributed by atoms with Gasteiger partial charge in [-0.1, -0.05) is 63.6 Å². The first-order chi connectivity index (χ1) is 26.7. The second-order valence-electron chi connectivity index (χ2n) is 18.1. The van der Waals surface area contributed by atoms with E-state index in [9.17, 15) is 27.6 Å². The van der Waals surface area contributed by atoms with Crippen molar-refractivity contribution in [3.8, 4) is 22.8 Å². The number of amides is 4. The van der Waals surface area contributed by atoms with E-state index in [2.05, 4.69) is 20.3 Å². The molecule has 4 fully saturated rings. The second-order valence-corrected chi connectivity index (χ2v) is 20.0. The summed E-state index contributed by atoms with van der Waals surface area (Å²) in [6.45, 7) is 10.5. The summed E-state index contributed by atoms with van der Waals surface area (Å²) in [4.78, 5) is 62.3. The third-order valence-corrected chi connectivity index (χ3v) is 13.4. The Hall–Kier alpha value is -4.92. The Balaban J connectivity index is 1.20. The van der Waals surface area contributed by atoms with Crippen LogP contribution in [0.1, 0.15) is 86.5 Å². The van der Waals surface area contributed by atoms with Crippen LogP contribution in [0.15, 0.2) is 54.6 Å². The molecule has 1 unspecified atom stereocenters. The van der Waals surface area contributed by atoms with Gasteiger partial charge < -0.3 is 29.7 Å². The second kappa shape index (κ2) is 14.5. The Morgan fingerprint density at radius 2 is 1.65 bits per heavy atom. The van der Waals surface area contributed by atoms with E-state index in [0.717, 1.165) is 17.5 Å². The van der Waals surface area contributed by atoms with E-state index in [1.165, 1.54) is 12.0 Å². The summed E-state index contributed by atoms with van der Waals surface area (Å²) >= 11 is 0. The Labute approximate surface area is 333 Å². The Bertz CT molecular complexity index is 2190. The quantitative estimate of drug-likeness (QED) is 0.232. The van der Waals surface area contributed by atoms with Crippen LogP contribution < -0.4 is 24.8 Å². The third kappa shape index (κ3) is 8.12. The van der Waals surface area contributed by atoms with Crippen LogP contribution in [0.5, 0.6) is 11.6 Å². The van der Waals surface area contributed by atoms with Crippen LogP contribution >= 0.6 is 0 Å². The number of likely N-dealkylation sites (tertiary alicyclic amines) is 1. The average Bonchev–Trinajstić information content (AvgIpc) is 4.04. The summed E-state index contributed by atoms with van der Waals surface area (Å²) in [6.07, 6.45) is 1.98. The number of hydrogen-bond acceptors (Lipinski definition) is 10. The first-order valence-electron chi connectivity index (χ1n) is 19.6. The molecule has 14 nitrogen and oxygen atoms in total. The molecule has 3 aromatic rings. The summed E-state index contributed by atoms with van der Waals surface area (Å²) in [7, 11) is -2.38. The first-order valence-corrected chi connectivity index (χ1v) is 21.2. The predicted octanol–water partition coefficient (Wildman–Crippen LogP) is 5.24. The molecular weight excluding hydrogens is 751 g/mol. The van der Waals surface area contributed by atoms with Crippen LogP contribution in [0, 0.1) is 10.8 Å². The van der Waals surface area contributed by atoms with Crippen molar-refractivity contribution in [1.29, 1.82) is 0 Å². The minimum Gasteiger partial charge on any atom is -0.488 e. The number of ether oxygens (including phenoxy) is 3. The molecule has 57 heavy (non-hydrogen) atoms. The molecule has 1 spiro atoms.